The number of rotatable bonds is 4. The molecule has 0 spiro atoms. The summed E-state index contributed by atoms with van der Waals surface area (Å²) in [4.78, 5) is 25.8. The highest BCUT2D eigenvalue weighted by Gasteiger charge is 2.35. The maximum absolute atomic E-state index is 13.0. The Hall–Kier alpha value is -3.02. The molecule has 0 radical (unpaired) electrons. The van der Waals surface area contributed by atoms with Crippen LogP contribution in [0.1, 0.15) is 17.5 Å². The molecule has 6 heteroatoms. The minimum Gasteiger partial charge on any atom is -0.312 e. The van der Waals surface area contributed by atoms with Crippen LogP contribution < -0.4 is 10.3 Å². The fraction of sp³-hybridized carbons (Fsp3) is 0.211. The summed E-state index contributed by atoms with van der Waals surface area (Å²) in [5.74, 6) is -1.31. The molecular weight excluding hydrogens is 321 g/mol. The summed E-state index contributed by atoms with van der Waals surface area (Å²) in [6.07, 6.45) is 1.68. The Balaban J connectivity index is 1.59. The molecule has 1 fully saturated rings. The van der Waals surface area contributed by atoms with Crippen LogP contribution in [0.4, 0.5) is 10.1 Å². The molecule has 0 aliphatic carbocycles. The van der Waals surface area contributed by atoms with Gasteiger partial charge in [0, 0.05) is 18.7 Å². The van der Waals surface area contributed by atoms with Gasteiger partial charge in [-0.15, -0.1) is 0 Å². The number of nitrogens with zero attached hydrogens (tertiary/aromatic N) is 2. The van der Waals surface area contributed by atoms with Crippen LogP contribution in [-0.2, 0) is 9.59 Å². The van der Waals surface area contributed by atoms with Crippen LogP contribution in [0.2, 0.25) is 0 Å². The van der Waals surface area contributed by atoms with E-state index >= 15 is 0 Å². The Morgan fingerprint density at radius 2 is 1.88 bits per heavy atom. The first-order valence-electron chi connectivity index (χ1n) is 7.98. The molecule has 2 aromatic rings. The van der Waals surface area contributed by atoms with E-state index in [1.165, 1.54) is 29.2 Å². The van der Waals surface area contributed by atoms with E-state index in [2.05, 4.69) is 10.5 Å². The highest BCUT2D eigenvalue weighted by atomic mass is 19.1. The van der Waals surface area contributed by atoms with Gasteiger partial charge in [-0.05, 0) is 36.8 Å². The van der Waals surface area contributed by atoms with Crippen LogP contribution in [0.5, 0.6) is 0 Å². The Labute approximate surface area is 145 Å². The lowest BCUT2D eigenvalue weighted by molar-refractivity contribution is -0.126. The molecule has 1 aliphatic rings. The normalized spacial score (nSPS) is 17.3. The average Bonchev–Trinajstić information content (AvgIpc) is 2.99. The van der Waals surface area contributed by atoms with E-state index in [1.54, 1.807) is 6.21 Å². The first-order chi connectivity index (χ1) is 12.0. The minimum atomic E-state index is -0.479. The van der Waals surface area contributed by atoms with Crippen LogP contribution >= 0.6 is 0 Å². The second kappa shape index (κ2) is 7.25. The zero-order valence-electron chi connectivity index (χ0n) is 13.8. The van der Waals surface area contributed by atoms with Gasteiger partial charge in [-0.2, -0.15) is 5.10 Å². The molecule has 1 atom stereocenters. The van der Waals surface area contributed by atoms with E-state index < -0.39 is 5.92 Å². The molecule has 25 heavy (non-hydrogen) atoms. The molecule has 2 amide bonds. The van der Waals surface area contributed by atoms with Gasteiger partial charge in [0.05, 0.1) is 12.1 Å². The molecule has 0 unspecified atom stereocenters. The van der Waals surface area contributed by atoms with Gasteiger partial charge in [0.2, 0.25) is 11.8 Å². The van der Waals surface area contributed by atoms with Gasteiger partial charge >= 0.3 is 0 Å². The Bertz CT molecular complexity index is 800. The largest absolute Gasteiger partial charge is 0.312 e. The molecule has 1 aliphatic heterocycles. The summed E-state index contributed by atoms with van der Waals surface area (Å²) in [6.45, 7) is 2.25. The number of benzene rings is 2. The predicted octanol–water partition coefficient (Wildman–Crippen LogP) is 2.64. The maximum Gasteiger partial charge on any atom is 0.245 e. The second-order valence-electron chi connectivity index (χ2n) is 6.03. The highest BCUT2D eigenvalue weighted by Crippen LogP contribution is 2.25. The molecule has 0 bridgehead atoms. The standard InChI is InChI=1S/C19H18FN3O2/c1-13-2-4-14(5-3-13)11-21-22-19(25)15-10-18(24)23(12-15)17-8-6-16(20)7-9-17/h2-9,11,15H,10,12H2,1H3,(H,22,25)/b21-11-/t15-/m1/s1. The summed E-state index contributed by atoms with van der Waals surface area (Å²) < 4.78 is 13.0. The van der Waals surface area contributed by atoms with Gasteiger partial charge < -0.3 is 4.90 Å². The van der Waals surface area contributed by atoms with Crippen LogP contribution in [0.3, 0.4) is 0 Å². The number of carbonyl (C=O) groups excluding carboxylic acids is 2. The van der Waals surface area contributed by atoms with Crippen molar-refractivity contribution in [1.82, 2.24) is 5.43 Å². The van der Waals surface area contributed by atoms with Crippen molar-refractivity contribution in [1.29, 1.82) is 0 Å². The number of carbonyl (C=O) groups is 2. The van der Waals surface area contributed by atoms with Crippen molar-refractivity contribution < 1.29 is 14.0 Å². The third-order valence-electron chi connectivity index (χ3n) is 4.10. The molecule has 3 rings (SSSR count). The SMILES string of the molecule is Cc1ccc(/C=N\NC(=O)[C@@H]2CC(=O)N(c3ccc(F)cc3)C2)cc1. The summed E-state index contributed by atoms with van der Waals surface area (Å²) >= 11 is 0. The van der Waals surface area contributed by atoms with Crippen molar-refractivity contribution >= 4 is 23.7 Å². The van der Waals surface area contributed by atoms with E-state index in [0.29, 0.717) is 5.69 Å². The zero-order valence-corrected chi connectivity index (χ0v) is 13.8. The number of aryl methyl sites for hydroxylation is 1. The first kappa shape index (κ1) is 16.8. The molecule has 1 saturated heterocycles. The van der Waals surface area contributed by atoms with Crippen molar-refractivity contribution in [2.24, 2.45) is 11.0 Å². The summed E-state index contributed by atoms with van der Waals surface area (Å²) in [5.41, 5.74) is 5.09. The maximum atomic E-state index is 13.0. The summed E-state index contributed by atoms with van der Waals surface area (Å²) in [7, 11) is 0. The lowest BCUT2D eigenvalue weighted by atomic mass is 10.1. The fourth-order valence-corrected chi connectivity index (χ4v) is 2.67. The number of hydrogen-bond donors (Lipinski definition) is 1. The molecule has 0 aromatic heterocycles. The molecule has 128 valence electrons. The van der Waals surface area contributed by atoms with Crippen molar-refractivity contribution in [2.45, 2.75) is 13.3 Å². The number of anilines is 1. The lowest BCUT2D eigenvalue weighted by Gasteiger charge is -2.16. The molecule has 0 saturated carbocycles. The van der Waals surface area contributed by atoms with Gasteiger partial charge in [0.25, 0.3) is 0 Å². The molecule has 2 aromatic carbocycles. The van der Waals surface area contributed by atoms with Gasteiger partial charge in [-0.1, -0.05) is 29.8 Å². The molecular formula is C19H18FN3O2. The van der Waals surface area contributed by atoms with Crippen LogP contribution in [0.15, 0.2) is 53.6 Å². The Morgan fingerprint density at radius 1 is 1.20 bits per heavy atom. The smallest absolute Gasteiger partial charge is 0.245 e. The van der Waals surface area contributed by atoms with Crippen molar-refractivity contribution in [2.75, 3.05) is 11.4 Å². The van der Waals surface area contributed by atoms with Gasteiger partial charge in [-0.3, -0.25) is 9.59 Å². The van der Waals surface area contributed by atoms with Crippen LogP contribution in [0, 0.1) is 18.7 Å². The third-order valence-corrected chi connectivity index (χ3v) is 4.10. The van der Waals surface area contributed by atoms with Crippen LogP contribution in [-0.4, -0.2) is 24.6 Å². The lowest BCUT2D eigenvalue weighted by Crippen LogP contribution is -2.30. The van der Waals surface area contributed by atoms with E-state index in [1.807, 2.05) is 31.2 Å². The molecule has 5 nitrogen and oxygen atoms in total. The van der Waals surface area contributed by atoms with Gasteiger partial charge in [0.15, 0.2) is 0 Å². The van der Waals surface area contributed by atoms with E-state index in [-0.39, 0.29) is 30.6 Å². The summed E-state index contributed by atoms with van der Waals surface area (Å²) in [5, 5.41) is 3.95. The van der Waals surface area contributed by atoms with Crippen molar-refractivity contribution in [3.05, 3.63) is 65.5 Å². The molecule has 1 N–H and O–H groups in total. The fourth-order valence-electron chi connectivity index (χ4n) is 2.67. The van der Waals surface area contributed by atoms with Gasteiger partial charge in [-0.25, -0.2) is 9.82 Å². The zero-order chi connectivity index (χ0) is 17.8. The highest BCUT2D eigenvalue weighted by molar-refractivity contribution is 6.00. The van der Waals surface area contributed by atoms with Crippen molar-refractivity contribution in [3.63, 3.8) is 0 Å². The monoisotopic (exact) mass is 339 g/mol. The third kappa shape index (κ3) is 4.09. The minimum absolute atomic E-state index is 0.114. The number of amides is 2. The van der Waals surface area contributed by atoms with Crippen LogP contribution in [0.25, 0.3) is 0 Å². The Kier molecular flexibility index (Phi) is 4.88. The summed E-state index contributed by atoms with van der Waals surface area (Å²) in [6, 6.07) is 13.4. The first-order valence-corrected chi connectivity index (χ1v) is 7.98. The average molecular weight is 339 g/mol. The number of nitrogens with one attached hydrogen (secondary N) is 1. The quantitative estimate of drug-likeness (QED) is 0.688. The van der Waals surface area contributed by atoms with E-state index in [4.69, 9.17) is 0 Å². The molecule has 1 heterocycles. The second-order valence-corrected chi connectivity index (χ2v) is 6.03. The van der Waals surface area contributed by atoms with E-state index in [9.17, 15) is 14.0 Å². The number of hydrogen-bond acceptors (Lipinski definition) is 3. The Morgan fingerprint density at radius 3 is 2.56 bits per heavy atom. The number of halogens is 1. The topological polar surface area (TPSA) is 61.8 Å². The van der Waals surface area contributed by atoms with Gasteiger partial charge in [0.1, 0.15) is 5.82 Å². The van der Waals surface area contributed by atoms with E-state index in [0.717, 1.165) is 11.1 Å². The number of hydrazone groups is 1. The predicted molar refractivity (Wildman–Crippen MR) is 93.8 cm³/mol. The van der Waals surface area contributed by atoms with Crippen molar-refractivity contribution in [3.8, 4) is 0 Å².